The van der Waals surface area contributed by atoms with Crippen molar-refractivity contribution in [1.82, 2.24) is 10.2 Å². The van der Waals surface area contributed by atoms with Gasteiger partial charge in [0.2, 0.25) is 5.91 Å². The zero-order valence-electron chi connectivity index (χ0n) is 19.8. The van der Waals surface area contributed by atoms with Crippen molar-refractivity contribution in [3.05, 3.63) is 59.7 Å². The molecule has 7 heteroatoms. The minimum absolute atomic E-state index is 0.0328. The topological polar surface area (TPSA) is 95.9 Å². The molecule has 0 atom stereocenters. The van der Waals surface area contributed by atoms with Crippen LogP contribution in [0.15, 0.2) is 48.5 Å². The number of hydrogen-bond acceptors (Lipinski definition) is 4. The van der Waals surface area contributed by atoms with Gasteiger partial charge in [-0.1, -0.05) is 68.8 Å². The van der Waals surface area contributed by atoms with Crippen LogP contribution in [0.1, 0.15) is 50.2 Å². The Kier molecular flexibility index (Phi) is 6.91. The molecule has 0 saturated heterocycles. The number of hydrogen-bond donors (Lipinski definition) is 2. The average Bonchev–Trinajstić information content (AvgIpc) is 3.09. The molecule has 1 saturated carbocycles. The summed E-state index contributed by atoms with van der Waals surface area (Å²) in [5.41, 5.74) is 3.85. The van der Waals surface area contributed by atoms with E-state index in [2.05, 4.69) is 29.6 Å². The number of carbonyl (C=O) groups is 3. The third-order valence-electron chi connectivity index (χ3n) is 6.88. The Morgan fingerprint density at radius 2 is 1.65 bits per heavy atom. The molecule has 2 aliphatic rings. The predicted molar refractivity (Wildman–Crippen MR) is 128 cm³/mol. The van der Waals surface area contributed by atoms with E-state index in [-0.39, 0.29) is 37.4 Å². The highest BCUT2D eigenvalue weighted by Crippen LogP contribution is 2.45. The smallest absolute Gasteiger partial charge is 0.407 e. The van der Waals surface area contributed by atoms with E-state index in [0.29, 0.717) is 19.4 Å². The monoisotopic (exact) mass is 464 g/mol. The molecule has 4 rings (SSSR count). The second kappa shape index (κ2) is 9.87. The summed E-state index contributed by atoms with van der Waals surface area (Å²) < 4.78 is 5.60. The van der Waals surface area contributed by atoms with Crippen molar-refractivity contribution >= 4 is 18.0 Å². The van der Waals surface area contributed by atoms with E-state index in [4.69, 9.17) is 4.74 Å². The van der Waals surface area contributed by atoms with Crippen LogP contribution in [0.4, 0.5) is 4.79 Å². The standard InChI is InChI=1S/C27H32N2O5/c1-18(2)14-29(15-24(30)31)25(32)27(12-7-13-27)17-28-26(33)34-16-23-21-10-5-3-8-19(21)20-9-4-6-11-22(20)23/h3-6,8-11,18,23H,7,12-17H2,1-2H3,(H,28,33)(H,30,31). The summed E-state index contributed by atoms with van der Waals surface area (Å²) in [5, 5.41) is 12.0. The van der Waals surface area contributed by atoms with Crippen LogP contribution >= 0.6 is 0 Å². The molecular formula is C27H32N2O5. The quantitative estimate of drug-likeness (QED) is 0.578. The van der Waals surface area contributed by atoms with Crippen molar-refractivity contribution in [2.45, 2.75) is 39.0 Å². The number of alkyl carbamates (subject to hydrolysis) is 1. The van der Waals surface area contributed by atoms with Crippen LogP contribution < -0.4 is 5.32 Å². The van der Waals surface area contributed by atoms with E-state index >= 15 is 0 Å². The maximum absolute atomic E-state index is 13.2. The van der Waals surface area contributed by atoms with Gasteiger partial charge in [0, 0.05) is 19.0 Å². The van der Waals surface area contributed by atoms with Crippen molar-refractivity contribution in [3.8, 4) is 11.1 Å². The highest BCUT2D eigenvalue weighted by atomic mass is 16.5. The summed E-state index contributed by atoms with van der Waals surface area (Å²) in [5.74, 6) is -1.12. The predicted octanol–water partition coefficient (Wildman–Crippen LogP) is 4.26. The Bertz CT molecular complexity index is 1030. The number of fused-ring (bicyclic) bond motifs is 3. The summed E-state index contributed by atoms with van der Waals surface area (Å²) in [6.45, 7) is 4.30. The number of aliphatic carboxylic acids is 1. The number of carboxylic acid groups (broad SMARTS) is 1. The molecule has 2 aromatic carbocycles. The van der Waals surface area contributed by atoms with Gasteiger partial charge in [-0.15, -0.1) is 0 Å². The lowest BCUT2D eigenvalue weighted by Gasteiger charge is -2.43. The molecular weight excluding hydrogens is 432 g/mol. The summed E-state index contributed by atoms with van der Waals surface area (Å²) in [7, 11) is 0. The Labute approximate surface area is 200 Å². The van der Waals surface area contributed by atoms with Gasteiger partial charge in [-0.2, -0.15) is 0 Å². The zero-order chi connectivity index (χ0) is 24.3. The second-order valence-electron chi connectivity index (χ2n) is 9.79. The first-order valence-electron chi connectivity index (χ1n) is 11.9. The first-order valence-corrected chi connectivity index (χ1v) is 11.9. The third-order valence-corrected chi connectivity index (χ3v) is 6.88. The van der Waals surface area contributed by atoms with E-state index < -0.39 is 17.5 Å². The molecule has 7 nitrogen and oxygen atoms in total. The molecule has 34 heavy (non-hydrogen) atoms. The number of amides is 2. The average molecular weight is 465 g/mol. The summed E-state index contributed by atoms with van der Waals surface area (Å²) >= 11 is 0. The molecule has 0 aromatic heterocycles. The maximum Gasteiger partial charge on any atom is 0.407 e. The largest absolute Gasteiger partial charge is 0.480 e. The van der Waals surface area contributed by atoms with Crippen LogP contribution in [0.2, 0.25) is 0 Å². The lowest BCUT2D eigenvalue weighted by Crippen LogP contribution is -2.55. The van der Waals surface area contributed by atoms with Crippen LogP contribution in [0.5, 0.6) is 0 Å². The van der Waals surface area contributed by atoms with Crippen molar-refractivity contribution in [2.75, 3.05) is 26.2 Å². The number of benzene rings is 2. The van der Waals surface area contributed by atoms with Gasteiger partial charge in [0.25, 0.3) is 0 Å². The van der Waals surface area contributed by atoms with E-state index in [1.54, 1.807) is 0 Å². The normalized spacial score (nSPS) is 15.7. The molecule has 180 valence electrons. The second-order valence-corrected chi connectivity index (χ2v) is 9.79. The lowest BCUT2D eigenvalue weighted by atomic mass is 9.67. The third kappa shape index (κ3) is 4.79. The van der Waals surface area contributed by atoms with Gasteiger partial charge in [-0.25, -0.2) is 4.79 Å². The Hall–Kier alpha value is -3.35. The molecule has 2 amide bonds. The summed E-state index contributed by atoms with van der Waals surface area (Å²) in [6, 6.07) is 16.3. The fraction of sp³-hybridized carbons (Fsp3) is 0.444. The highest BCUT2D eigenvalue weighted by molar-refractivity contribution is 5.87. The molecule has 1 fully saturated rings. The van der Waals surface area contributed by atoms with Gasteiger partial charge in [0.1, 0.15) is 13.2 Å². The minimum Gasteiger partial charge on any atom is -0.480 e. The summed E-state index contributed by atoms with van der Waals surface area (Å²) in [4.78, 5) is 38.6. The fourth-order valence-corrected chi connectivity index (χ4v) is 5.12. The number of rotatable bonds is 9. The first kappa shape index (κ1) is 23.8. The number of nitrogens with zero attached hydrogens (tertiary/aromatic N) is 1. The maximum atomic E-state index is 13.2. The Morgan fingerprint density at radius 3 is 2.15 bits per heavy atom. The van der Waals surface area contributed by atoms with Gasteiger partial charge >= 0.3 is 12.1 Å². The van der Waals surface area contributed by atoms with E-state index in [9.17, 15) is 19.5 Å². The molecule has 0 aliphatic heterocycles. The summed E-state index contributed by atoms with van der Waals surface area (Å²) in [6.07, 6.45) is 1.57. The SMILES string of the molecule is CC(C)CN(CC(=O)O)C(=O)C1(CNC(=O)OCC2c3ccccc3-c3ccccc32)CCC1. The Balaban J connectivity index is 1.38. The minimum atomic E-state index is -1.03. The highest BCUT2D eigenvalue weighted by Gasteiger charge is 2.47. The molecule has 2 aliphatic carbocycles. The van der Waals surface area contributed by atoms with Gasteiger partial charge < -0.3 is 20.1 Å². The molecule has 0 bridgehead atoms. The fourth-order valence-electron chi connectivity index (χ4n) is 5.12. The number of ether oxygens (including phenoxy) is 1. The van der Waals surface area contributed by atoms with E-state index in [1.807, 2.05) is 38.1 Å². The van der Waals surface area contributed by atoms with Crippen molar-refractivity contribution in [3.63, 3.8) is 0 Å². The van der Waals surface area contributed by atoms with Gasteiger partial charge in [-0.05, 0) is 41.0 Å². The van der Waals surface area contributed by atoms with E-state index in [0.717, 1.165) is 28.7 Å². The number of nitrogens with one attached hydrogen (secondary N) is 1. The molecule has 2 aromatic rings. The number of carboxylic acids is 1. The molecule has 0 unspecified atom stereocenters. The molecule has 0 spiro atoms. The van der Waals surface area contributed by atoms with Crippen molar-refractivity contribution in [2.24, 2.45) is 11.3 Å². The van der Waals surface area contributed by atoms with Crippen LogP contribution in [0, 0.1) is 11.3 Å². The zero-order valence-corrected chi connectivity index (χ0v) is 19.8. The Morgan fingerprint density at radius 1 is 1.06 bits per heavy atom. The van der Waals surface area contributed by atoms with Gasteiger partial charge in [0.05, 0.1) is 5.41 Å². The van der Waals surface area contributed by atoms with Gasteiger partial charge in [0.15, 0.2) is 0 Å². The van der Waals surface area contributed by atoms with Crippen molar-refractivity contribution < 1.29 is 24.2 Å². The number of carbonyl (C=O) groups excluding carboxylic acids is 2. The first-order chi connectivity index (χ1) is 16.3. The van der Waals surface area contributed by atoms with Crippen LogP contribution in [0.3, 0.4) is 0 Å². The van der Waals surface area contributed by atoms with Crippen LogP contribution in [-0.2, 0) is 14.3 Å². The van der Waals surface area contributed by atoms with Crippen molar-refractivity contribution in [1.29, 1.82) is 0 Å². The lowest BCUT2D eigenvalue weighted by molar-refractivity contribution is -0.153. The van der Waals surface area contributed by atoms with Crippen LogP contribution in [0.25, 0.3) is 11.1 Å². The van der Waals surface area contributed by atoms with E-state index in [1.165, 1.54) is 4.90 Å². The van der Waals surface area contributed by atoms with Crippen LogP contribution in [-0.4, -0.2) is 54.2 Å². The molecule has 0 radical (unpaired) electrons. The molecule has 0 heterocycles. The van der Waals surface area contributed by atoms with Gasteiger partial charge in [-0.3, -0.25) is 9.59 Å². The molecule has 2 N–H and O–H groups in total.